The van der Waals surface area contributed by atoms with Gasteiger partial charge in [-0.2, -0.15) is 0 Å². The van der Waals surface area contributed by atoms with E-state index in [1.807, 2.05) is 6.92 Å². The number of fused-ring (bicyclic) bond motifs is 1. The lowest BCUT2D eigenvalue weighted by Crippen LogP contribution is -2.66. The lowest BCUT2D eigenvalue weighted by Gasteiger charge is -2.47. The van der Waals surface area contributed by atoms with Gasteiger partial charge in [0.05, 0.1) is 18.0 Å². The first-order chi connectivity index (χ1) is 15.9. The van der Waals surface area contributed by atoms with Crippen LogP contribution in [0.25, 0.3) is 0 Å². The smallest absolute Gasteiger partial charge is 0.353 e. The van der Waals surface area contributed by atoms with Crippen molar-refractivity contribution in [1.82, 2.24) is 19.8 Å². The molecule has 3 aliphatic rings. The highest BCUT2D eigenvalue weighted by atomic mass is 32.2. The lowest BCUT2D eigenvalue weighted by atomic mass is 9.78. The molecule has 0 bridgehead atoms. The van der Waals surface area contributed by atoms with Crippen LogP contribution in [0.2, 0.25) is 0 Å². The van der Waals surface area contributed by atoms with Gasteiger partial charge in [0.1, 0.15) is 9.91 Å². The summed E-state index contributed by atoms with van der Waals surface area (Å²) >= 11 is 2.49. The van der Waals surface area contributed by atoms with Crippen molar-refractivity contribution in [1.29, 1.82) is 0 Å². The maximum atomic E-state index is 13.0. The molecule has 1 aromatic rings. The highest BCUT2D eigenvalue weighted by molar-refractivity contribution is 8.03. The number of β-lactam (4-membered cyclic amide) rings is 1. The Labute approximate surface area is 206 Å². The fraction of sp³-hybridized carbons (Fsp3) is 0.571. The van der Waals surface area contributed by atoms with Gasteiger partial charge in [-0.15, -0.1) is 23.1 Å². The predicted octanol–water partition coefficient (Wildman–Crippen LogP) is 0.740. The third-order valence-electron chi connectivity index (χ3n) is 6.55. The van der Waals surface area contributed by atoms with Crippen LogP contribution in [-0.2, 0) is 24.4 Å². The van der Waals surface area contributed by atoms with Gasteiger partial charge in [-0.3, -0.25) is 9.59 Å². The quantitative estimate of drug-likeness (QED) is 0.421. The molecule has 0 saturated carbocycles. The summed E-state index contributed by atoms with van der Waals surface area (Å²) in [6, 6.07) is 1.68. The second kappa shape index (κ2) is 9.26. The molecule has 0 unspecified atom stereocenters. The van der Waals surface area contributed by atoms with E-state index < -0.39 is 39.9 Å². The average molecular weight is 529 g/mol. The predicted molar refractivity (Wildman–Crippen MR) is 129 cm³/mol. The van der Waals surface area contributed by atoms with E-state index in [4.69, 9.17) is 0 Å². The molecule has 3 N–H and O–H groups in total. The molecule has 0 aromatic carbocycles. The summed E-state index contributed by atoms with van der Waals surface area (Å²) in [5.41, 5.74) is -0.0283. The topological polar surface area (TPSA) is 136 Å². The molecule has 3 aliphatic heterocycles. The van der Waals surface area contributed by atoms with Crippen LogP contribution in [0.3, 0.4) is 0 Å². The van der Waals surface area contributed by atoms with Crippen LogP contribution >= 0.6 is 23.1 Å². The van der Waals surface area contributed by atoms with Crippen molar-refractivity contribution in [2.75, 3.05) is 20.6 Å². The minimum absolute atomic E-state index is 0.0114. The molecule has 34 heavy (non-hydrogen) atoms. The van der Waals surface area contributed by atoms with Crippen LogP contribution in [0.15, 0.2) is 32.3 Å². The Kier molecular flexibility index (Phi) is 6.86. The second-order valence-corrected chi connectivity index (χ2v) is 13.3. The fourth-order valence-electron chi connectivity index (χ4n) is 4.96. The highest BCUT2D eigenvalue weighted by Gasteiger charge is 2.60. The molecule has 1 aromatic heterocycles. The van der Waals surface area contributed by atoms with Crippen molar-refractivity contribution < 1.29 is 27.9 Å². The van der Waals surface area contributed by atoms with Crippen LogP contribution in [0, 0.1) is 11.8 Å². The Morgan fingerprint density at radius 1 is 1.38 bits per heavy atom. The van der Waals surface area contributed by atoms with Gasteiger partial charge in [-0.05, 0) is 24.8 Å². The zero-order valence-electron chi connectivity index (χ0n) is 19.2. The Bertz CT molecular complexity index is 1130. The summed E-state index contributed by atoms with van der Waals surface area (Å²) in [6.45, 7) is 4.07. The molecule has 0 radical (unpaired) electrons. The number of hydrogen-bond acceptors (Lipinski definition) is 8. The van der Waals surface area contributed by atoms with Crippen LogP contribution in [0.1, 0.15) is 20.3 Å². The van der Waals surface area contributed by atoms with Gasteiger partial charge < -0.3 is 20.2 Å². The minimum atomic E-state index is -3.77. The number of carbonyl (C=O) groups excluding carboxylic acids is 2. The largest absolute Gasteiger partial charge is 0.477 e. The SMILES string of the molecule is C[C@@H](NS(=O)(=O)c1cccs1)[C@H]1C(=O)N2C(C(=O)O)=C(S[C@@H]3CN[C@H](C(=O)N(C)C)C3)[C@H](C)[C@H]12. The number of nitrogens with one attached hydrogen (secondary N) is 2. The molecule has 4 heterocycles. The van der Waals surface area contributed by atoms with E-state index in [2.05, 4.69) is 10.0 Å². The molecule has 10 nitrogen and oxygen atoms in total. The number of hydrogen-bond donors (Lipinski definition) is 3. The number of likely N-dealkylation sites (N-methyl/N-ethyl adjacent to an activating group) is 1. The third kappa shape index (κ3) is 4.28. The number of thiophene rings is 1. The molecule has 2 saturated heterocycles. The van der Waals surface area contributed by atoms with Gasteiger partial charge in [-0.1, -0.05) is 13.0 Å². The van der Waals surface area contributed by atoms with Crippen LogP contribution < -0.4 is 10.0 Å². The van der Waals surface area contributed by atoms with E-state index in [-0.39, 0.29) is 33.0 Å². The molecule has 13 heteroatoms. The number of amides is 2. The molecule has 186 valence electrons. The summed E-state index contributed by atoms with van der Waals surface area (Å²) in [6.07, 6.45) is 0.559. The summed E-state index contributed by atoms with van der Waals surface area (Å²) in [5, 5.41) is 14.8. The van der Waals surface area contributed by atoms with E-state index in [0.29, 0.717) is 17.9 Å². The van der Waals surface area contributed by atoms with Crippen LogP contribution in [0.5, 0.6) is 0 Å². The van der Waals surface area contributed by atoms with Crippen molar-refractivity contribution in [2.24, 2.45) is 11.8 Å². The number of rotatable bonds is 8. The normalized spacial score (nSPS) is 29.7. The van der Waals surface area contributed by atoms with E-state index in [1.165, 1.54) is 27.6 Å². The number of carboxylic acid groups (broad SMARTS) is 1. The zero-order chi connectivity index (χ0) is 24.9. The van der Waals surface area contributed by atoms with Crippen LogP contribution in [-0.4, -0.2) is 85.1 Å². The molecule has 2 fully saturated rings. The Morgan fingerprint density at radius 2 is 2.09 bits per heavy atom. The zero-order valence-corrected chi connectivity index (χ0v) is 21.7. The molecular formula is C21H28N4O6S3. The van der Waals surface area contributed by atoms with Gasteiger partial charge in [0.25, 0.3) is 0 Å². The van der Waals surface area contributed by atoms with E-state index in [9.17, 15) is 27.9 Å². The first kappa shape index (κ1) is 25.2. The van der Waals surface area contributed by atoms with Crippen molar-refractivity contribution in [3.05, 3.63) is 28.1 Å². The Morgan fingerprint density at radius 3 is 2.68 bits per heavy atom. The molecule has 2 amide bonds. The van der Waals surface area contributed by atoms with Crippen LogP contribution in [0.4, 0.5) is 0 Å². The summed E-state index contributed by atoms with van der Waals surface area (Å²) < 4.78 is 28.1. The van der Waals surface area contributed by atoms with Crippen molar-refractivity contribution in [3.63, 3.8) is 0 Å². The van der Waals surface area contributed by atoms with Crippen molar-refractivity contribution >= 4 is 50.9 Å². The minimum Gasteiger partial charge on any atom is -0.477 e. The van der Waals surface area contributed by atoms with Gasteiger partial charge in [0.15, 0.2) is 0 Å². The third-order valence-corrected chi connectivity index (χ3v) is 11.0. The first-order valence-corrected chi connectivity index (χ1v) is 14.2. The van der Waals surface area contributed by atoms with E-state index in [0.717, 1.165) is 11.3 Å². The lowest BCUT2D eigenvalue weighted by molar-refractivity contribution is -0.157. The number of thioether (sulfide) groups is 1. The second-order valence-electron chi connectivity index (χ2n) is 9.04. The molecule has 0 spiro atoms. The standard InChI is InChI=1S/C21H28N4O6S3/c1-10-16-15(11(2)23-34(30,31)14-6-5-7-32-14)20(27)25(16)17(21(28)29)18(10)33-12-8-13(22-9-12)19(26)24(3)4/h5-7,10-13,15-16,22-23H,8-9H2,1-4H3,(H,28,29)/t10-,11-,12+,13+,15-,16-/m1/s1. The van der Waals surface area contributed by atoms with E-state index >= 15 is 0 Å². The van der Waals surface area contributed by atoms with Crippen molar-refractivity contribution in [3.8, 4) is 0 Å². The van der Waals surface area contributed by atoms with Gasteiger partial charge in [0, 0.05) is 42.8 Å². The first-order valence-electron chi connectivity index (χ1n) is 10.9. The molecule has 4 rings (SSSR count). The highest BCUT2D eigenvalue weighted by Crippen LogP contribution is 2.52. The molecule has 0 aliphatic carbocycles. The number of aliphatic carboxylic acids is 1. The van der Waals surface area contributed by atoms with Gasteiger partial charge >= 0.3 is 5.97 Å². The maximum absolute atomic E-state index is 13.0. The summed E-state index contributed by atoms with van der Waals surface area (Å²) in [7, 11) is -0.385. The summed E-state index contributed by atoms with van der Waals surface area (Å²) in [4.78, 5) is 40.9. The van der Waals surface area contributed by atoms with Gasteiger partial charge in [0.2, 0.25) is 21.8 Å². The summed E-state index contributed by atoms with van der Waals surface area (Å²) in [5.74, 6) is -2.53. The van der Waals surface area contributed by atoms with E-state index in [1.54, 1.807) is 32.5 Å². The monoisotopic (exact) mass is 528 g/mol. The molecule has 6 atom stereocenters. The maximum Gasteiger partial charge on any atom is 0.353 e. The van der Waals surface area contributed by atoms with Crippen molar-refractivity contribution in [2.45, 2.75) is 47.9 Å². The molecular weight excluding hydrogens is 500 g/mol. The fourth-order valence-corrected chi connectivity index (χ4v) is 8.72. The number of sulfonamides is 1. The number of nitrogens with zero attached hydrogens (tertiary/aromatic N) is 2. The average Bonchev–Trinajstić information content (AvgIpc) is 3.48. The number of carboxylic acids is 1. The Balaban J connectivity index is 1.50. The van der Waals surface area contributed by atoms with Gasteiger partial charge in [-0.25, -0.2) is 17.9 Å². The number of carbonyl (C=O) groups is 3. The Hall–Kier alpha value is -1.93.